The SMILES string of the molecule is C[C@H](Sc1nc(-c2ccccc2)cs1)C(=O)Nc1sccc1C(N)=O. The molecule has 0 radical (unpaired) electrons. The zero-order valence-electron chi connectivity index (χ0n) is 13.3. The van der Waals surface area contributed by atoms with Gasteiger partial charge in [-0.15, -0.1) is 22.7 Å². The number of benzene rings is 1. The van der Waals surface area contributed by atoms with Crippen LogP contribution < -0.4 is 11.1 Å². The number of carbonyl (C=O) groups is 2. The number of amides is 2. The van der Waals surface area contributed by atoms with Crippen LogP contribution in [-0.2, 0) is 4.79 Å². The first-order valence-corrected chi connectivity index (χ1v) is 10.0. The van der Waals surface area contributed by atoms with Gasteiger partial charge in [-0.1, -0.05) is 42.1 Å². The maximum absolute atomic E-state index is 12.4. The second-order valence-corrected chi connectivity index (χ2v) is 8.50. The highest BCUT2D eigenvalue weighted by Gasteiger charge is 2.19. The number of thiophene rings is 1. The van der Waals surface area contributed by atoms with Gasteiger partial charge < -0.3 is 11.1 Å². The summed E-state index contributed by atoms with van der Waals surface area (Å²) in [6.07, 6.45) is 0. The van der Waals surface area contributed by atoms with Crippen LogP contribution >= 0.6 is 34.4 Å². The van der Waals surface area contributed by atoms with E-state index in [0.717, 1.165) is 15.6 Å². The van der Waals surface area contributed by atoms with Gasteiger partial charge >= 0.3 is 0 Å². The number of primary amides is 1. The number of carbonyl (C=O) groups excluding carboxylic acids is 2. The van der Waals surface area contributed by atoms with Crippen LogP contribution in [0.1, 0.15) is 17.3 Å². The van der Waals surface area contributed by atoms with Crippen molar-refractivity contribution < 1.29 is 9.59 Å². The molecule has 0 aliphatic heterocycles. The summed E-state index contributed by atoms with van der Waals surface area (Å²) in [5.41, 5.74) is 7.57. The molecule has 0 spiro atoms. The molecule has 0 fully saturated rings. The van der Waals surface area contributed by atoms with Crippen molar-refractivity contribution in [1.29, 1.82) is 0 Å². The number of nitrogens with two attached hydrogens (primary N) is 1. The van der Waals surface area contributed by atoms with E-state index in [1.807, 2.05) is 35.7 Å². The van der Waals surface area contributed by atoms with E-state index in [4.69, 9.17) is 5.73 Å². The molecule has 1 aromatic carbocycles. The molecule has 25 heavy (non-hydrogen) atoms. The Hall–Kier alpha value is -2.16. The molecule has 0 saturated carbocycles. The summed E-state index contributed by atoms with van der Waals surface area (Å²) in [5.74, 6) is -0.740. The molecule has 8 heteroatoms. The third-order valence-corrected chi connectivity index (χ3v) is 6.27. The molecule has 1 atom stereocenters. The van der Waals surface area contributed by atoms with Crippen LogP contribution in [0.3, 0.4) is 0 Å². The molecule has 128 valence electrons. The molecule has 0 aliphatic carbocycles. The predicted molar refractivity (Wildman–Crippen MR) is 104 cm³/mol. The summed E-state index contributed by atoms with van der Waals surface area (Å²) in [6, 6.07) is 11.5. The number of aromatic nitrogens is 1. The second-order valence-electron chi connectivity index (χ2n) is 5.14. The quantitative estimate of drug-likeness (QED) is 0.622. The van der Waals surface area contributed by atoms with Gasteiger partial charge in [0.1, 0.15) is 5.00 Å². The number of hydrogen-bond donors (Lipinski definition) is 2. The lowest BCUT2D eigenvalue weighted by molar-refractivity contribution is -0.115. The van der Waals surface area contributed by atoms with Crippen LogP contribution in [0.2, 0.25) is 0 Å². The molecule has 5 nitrogen and oxygen atoms in total. The van der Waals surface area contributed by atoms with Crippen LogP contribution in [0.4, 0.5) is 5.00 Å². The van der Waals surface area contributed by atoms with E-state index in [2.05, 4.69) is 10.3 Å². The Bertz CT molecular complexity index is 889. The summed E-state index contributed by atoms with van der Waals surface area (Å²) in [7, 11) is 0. The molecule has 3 N–H and O–H groups in total. The maximum atomic E-state index is 12.4. The zero-order chi connectivity index (χ0) is 17.8. The normalized spacial score (nSPS) is 11.9. The Morgan fingerprint density at radius 1 is 1.20 bits per heavy atom. The minimum atomic E-state index is -0.552. The Morgan fingerprint density at radius 2 is 1.96 bits per heavy atom. The molecule has 3 rings (SSSR count). The Morgan fingerprint density at radius 3 is 2.68 bits per heavy atom. The van der Waals surface area contributed by atoms with Gasteiger partial charge in [0.05, 0.1) is 16.5 Å². The van der Waals surface area contributed by atoms with Crippen molar-refractivity contribution in [3.63, 3.8) is 0 Å². The standard InChI is InChI=1S/C17H15N3O2S3/c1-10(15(22)20-16-12(14(18)21)7-8-23-16)25-17-19-13(9-24-17)11-5-3-2-4-6-11/h2-10H,1H3,(H2,18,21)(H,20,22)/t10-/m0/s1. The van der Waals surface area contributed by atoms with Crippen LogP contribution in [0.15, 0.2) is 51.5 Å². The molecule has 2 amide bonds. The topological polar surface area (TPSA) is 85.1 Å². The number of nitrogens with one attached hydrogen (secondary N) is 1. The smallest absolute Gasteiger partial charge is 0.251 e. The van der Waals surface area contributed by atoms with Crippen molar-refractivity contribution in [2.24, 2.45) is 5.73 Å². The fraction of sp³-hybridized carbons (Fsp3) is 0.118. The van der Waals surface area contributed by atoms with Crippen molar-refractivity contribution in [3.05, 3.63) is 52.7 Å². The Kier molecular flexibility index (Phi) is 5.52. The molecule has 2 aromatic heterocycles. The highest BCUT2D eigenvalue weighted by Crippen LogP contribution is 2.31. The molecular weight excluding hydrogens is 374 g/mol. The number of rotatable bonds is 6. The zero-order valence-corrected chi connectivity index (χ0v) is 15.7. The number of nitrogens with zero attached hydrogens (tertiary/aromatic N) is 1. The van der Waals surface area contributed by atoms with Gasteiger partial charge in [0, 0.05) is 10.9 Å². The van der Waals surface area contributed by atoms with Crippen molar-refractivity contribution >= 4 is 51.3 Å². The van der Waals surface area contributed by atoms with E-state index in [1.165, 1.54) is 34.4 Å². The average molecular weight is 390 g/mol. The summed E-state index contributed by atoms with van der Waals surface area (Å²) in [5, 5.41) is 6.60. The highest BCUT2D eigenvalue weighted by atomic mass is 32.2. The van der Waals surface area contributed by atoms with Crippen molar-refractivity contribution in [3.8, 4) is 11.3 Å². The highest BCUT2D eigenvalue weighted by molar-refractivity contribution is 8.02. The molecule has 0 aliphatic rings. The van der Waals surface area contributed by atoms with Crippen LogP contribution in [0, 0.1) is 0 Å². The minimum absolute atomic E-state index is 0.189. The van der Waals surface area contributed by atoms with E-state index in [9.17, 15) is 9.59 Å². The first kappa shape index (κ1) is 17.7. The van der Waals surface area contributed by atoms with Crippen LogP contribution in [-0.4, -0.2) is 22.0 Å². The molecule has 0 saturated heterocycles. The molecule has 3 aromatic rings. The lowest BCUT2D eigenvalue weighted by Crippen LogP contribution is -2.23. The van der Waals surface area contributed by atoms with E-state index >= 15 is 0 Å². The first-order valence-electron chi connectivity index (χ1n) is 7.40. The molecular formula is C17H15N3O2S3. The largest absolute Gasteiger partial charge is 0.366 e. The Balaban J connectivity index is 1.65. The van der Waals surface area contributed by atoms with E-state index in [0.29, 0.717) is 10.6 Å². The van der Waals surface area contributed by atoms with E-state index in [-0.39, 0.29) is 11.2 Å². The number of anilines is 1. The van der Waals surface area contributed by atoms with E-state index < -0.39 is 5.91 Å². The van der Waals surface area contributed by atoms with Gasteiger partial charge in [0.2, 0.25) is 5.91 Å². The lowest BCUT2D eigenvalue weighted by atomic mass is 10.2. The summed E-state index contributed by atoms with van der Waals surface area (Å²) in [4.78, 5) is 28.3. The van der Waals surface area contributed by atoms with Crippen LogP contribution in [0.25, 0.3) is 11.3 Å². The van der Waals surface area contributed by atoms with Gasteiger partial charge in [-0.05, 0) is 18.4 Å². The van der Waals surface area contributed by atoms with Crippen molar-refractivity contribution in [1.82, 2.24) is 4.98 Å². The van der Waals surface area contributed by atoms with Crippen molar-refractivity contribution in [2.45, 2.75) is 16.5 Å². The summed E-state index contributed by atoms with van der Waals surface area (Å²) >= 11 is 4.17. The fourth-order valence-corrected chi connectivity index (χ4v) is 4.84. The van der Waals surface area contributed by atoms with Gasteiger partial charge in [0.25, 0.3) is 5.91 Å². The molecule has 0 unspecified atom stereocenters. The monoisotopic (exact) mass is 389 g/mol. The third-order valence-electron chi connectivity index (χ3n) is 3.37. The Labute approximate surface area is 157 Å². The second kappa shape index (κ2) is 7.81. The number of hydrogen-bond acceptors (Lipinski definition) is 6. The molecule has 2 heterocycles. The first-order chi connectivity index (χ1) is 12.0. The predicted octanol–water partition coefficient (Wildman–Crippen LogP) is 4.09. The number of thiazole rings is 1. The van der Waals surface area contributed by atoms with Gasteiger partial charge in [-0.3, -0.25) is 9.59 Å². The number of thioether (sulfide) groups is 1. The third kappa shape index (κ3) is 4.28. The lowest BCUT2D eigenvalue weighted by Gasteiger charge is -2.10. The van der Waals surface area contributed by atoms with Gasteiger partial charge in [-0.25, -0.2) is 4.98 Å². The van der Waals surface area contributed by atoms with Crippen molar-refractivity contribution in [2.75, 3.05) is 5.32 Å². The van der Waals surface area contributed by atoms with Gasteiger partial charge in [-0.2, -0.15) is 0 Å². The molecule has 0 bridgehead atoms. The maximum Gasteiger partial charge on any atom is 0.251 e. The van der Waals surface area contributed by atoms with E-state index in [1.54, 1.807) is 18.4 Å². The summed E-state index contributed by atoms with van der Waals surface area (Å²) < 4.78 is 0.822. The summed E-state index contributed by atoms with van der Waals surface area (Å²) in [6.45, 7) is 1.81. The average Bonchev–Trinajstić information content (AvgIpc) is 3.25. The minimum Gasteiger partial charge on any atom is -0.366 e. The fourth-order valence-electron chi connectivity index (χ4n) is 2.07. The van der Waals surface area contributed by atoms with Crippen LogP contribution in [0.5, 0.6) is 0 Å². The van der Waals surface area contributed by atoms with Gasteiger partial charge in [0.15, 0.2) is 4.34 Å².